The molecule has 0 radical (unpaired) electrons. The van der Waals surface area contributed by atoms with E-state index in [1.807, 2.05) is 50.4 Å². The van der Waals surface area contributed by atoms with E-state index < -0.39 is 0 Å². The van der Waals surface area contributed by atoms with Crippen LogP contribution in [0.15, 0.2) is 36.5 Å². The van der Waals surface area contributed by atoms with Gasteiger partial charge in [-0.25, -0.2) is 4.98 Å². The van der Waals surface area contributed by atoms with Crippen LogP contribution in [0.2, 0.25) is 0 Å². The van der Waals surface area contributed by atoms with Crippen molar-refractivity contribution in [2.45, 2.75) is 39.2 Å². The van der Waals surface area contributed by atoms with Crippen LogP contribution in [0.5, 0.6) is 5.75 Å². The summed E-state index contributed by atoms with van der Waals surface area (Å²) >= 11 is 0. The minimum atomic E-state index is 0.156. The number of aromatic nitrogens is 2. The first-order valence-electron chi connectivity index (χ1n) is 8.32. The lowest BCUT2D eigenvalue weighted by molar-refractivity contribution is 0.242. The average Bonchev–Trinajstić information content (AvgIpc) is 2.56. The minimum Gasteiger partial charge on any atom is -0.491 e. The summed E-state index contributed by atoms with van der Waals surface area (Å²) < 4.78 is 5.72. The first kappa shape index (κ1) is 15.6. The summed E-state index contributed by atoms with van der Waals surface area (Å²) in [7, 11) is 0. The molecule has 122 valence electrons. The van der Waals surface area contributed by atoms with Gasteiger partial charge in [0.15, 0.2) is 0 Å². The minimum absolute atomic E-state index is 0.156. The third kappa shape index (κ3) is 4.34. The van der Waals surface area contributed by atoms with Crippen molar-refractivity contribution in [3.8, 4) is 5.75 Å². The molecule has 0 spiro atoms. The Labute approximate surface area is 137 Å². The van der Waals surface area contributed by atoms with Crippen molar-refractivity contribution in [3.63, 3.8) is 0 Å². The lowest BCUT2D eigenvalue weighted by atomic mass is 10.1. The normalized spacial score (nSPS) is 14.8. The standard InChI is InChI=1S/C18H24N4O/c1-14(2)23-16-8-6-7-15(13-16)20-18-19-10-9-17(21-18)22-11-4-3-5-12-22/h6-10,13-14H,3-5,11-12H2,1-2H3,(H,19,20,21). The number of ether oxygens (including phenoxy) is 1. The Hall–Kier alpha value is -2.30. The van der Waals surface area contributed by atoms with E-state index >= 15 is 0 Å². The number of rotatable bonds is 5. The summed E-state index contributed by atoms with van der Waals surface area (Å²) in [6.07, 6.45) is 5.76. The molecule has 2 heterocycles. The van der Waals surface area contributed by atoms with Crippen LogP contribution in [0.25, 0.3) is 0 Å². The highest BCUT2D eigenvalue weighted by molar-refractivity contribution is 5.57. The van der Waals surface area contributed by atoms with Gasteiger partial charge in [0.25, 0.3) is 0 Å². The molecular formula is C18H24N4O. The monoisotopic (exact) mass is 312 g/mol. The van der Waals surface area contributed by atoms with Crippen LogP contribution in [-0.2, 0) is 0 Å². The van der Waals surface area contributed by atoms with Crippen molar-refractivity contribution in [2.75, 3.05) is 23.3 Å². The van der Waals surface area contributed by atoms with E-state index in [4.69, 9.17) is 4.74 Å². The van der Waals surface area contributed by atoms with Gasteiger partial charge in [0.1, 0.15) is 11.6 Å². The van der Waals surface area contributed by atoms with Crippen LogP contribution in [-0.4, -0.2) is 29.2 Å². The number of piperidine rings is 1. The van der Waals surface area contributed by atoms with E-state index in [0.29, 0.717) is 5.95 Å². The van der Waals surface area contributed by atoms with E-state index in [9.17, 15) is 0 Å². The number of hydrogen-bond acceptors (Lipinski definition) is 5. The average molecular weight is 312 g/mol. The highest BCUT2D eigenvalue weighted by Crippen LogP contribution is 2.22. The molecule has 1 N–H and O–H groups in total. The van der Waals surface area contributed by atoms with Gasteiger partial charge in [-0.05, 0) is 51.3 Å². The molecule has 1 aliphatic rings. The van der Waals surface area contributed by atoms with Crippen LogP contribution in [0.4, 0.5) is 17.5 Å². The Morgan fingerprint density at radius 3 is 2.74 bits per heavy atom. The van der Waals surface area contributed by atoms with Crippen LogP contribution >= 0.6 is 0 Å². The highest BCUT2D eigenvalue weighted by atomic mass is 16.5. The number of nitrogens with one attached hydrogen (secondary N) is 1. The van der Waals surface area contributed by atoms with Gasteiger partial charge < -0.3 is 15.0 Å². The van der Waals surface area contributed by atoms with Crippen LogP contribution in [0.3, 0.4) is 0 Å². The Bertz CT molecular complexity index is 638. The third-order valence-corrected chi connectivity index (χ3v) is 3.78. The Balaban J connectivity index is 1.72. The van der Waals surface area contributed by atoms with Gasteiger partial charge in [-0.1, -0.05) is 6.07 Å². The summed E-state index contributed by atoms with van der Waals surface area (Å²) in [5, 5.41) is 3.27. The van der Waals surface area contributed by atoms with Crippen molar-refractivity contribution >= 4 is 17.5 Å². The second-order valence-corrected chi connectivity index (χ2v) is 6.11. The molecule has 0 atom stereocenters. The molecule has 1 aliphatic heterocycles. The predicted molar refractivity (Wildman–Crippen MR) is 93.6 cm³/mol. The first-order valence-corrected chi connectivity index (χ1v) is 8.32. The van der Waals surface area contributed by atoms with Crippen molar-refractivity contribution in [1.82, 2.24) is 9.97 Å². The maximum atomic E-state index is 5.72. The first-order chi connectivity index (χ1) is 11.2. The SMILES string of the molecule is CC(C)Oc1cccc(Nc2nccc(N3CCCCC3)n2)c1. The van der Waals surface area contributed by atoms with Crippen molar-refractivity contribution in [2.24, 2.45) is 0 Å². The molecule has 23 heavy (non-hydrogen) atoms. The quantitative estimate of drug-likeness (QED) is 0.904. The van der Waals surface area contributed by atoms with Gasteiger partial charge in [0.05, 0.1) is 6.10 Å². The zero-order chi connectivity index (χ0) is 16.1. The molecule has 0 bridgehead atoms. The predicted octanol–water partition coefficient (Wildman–Crippen LogP) is 4.00. The van der Waals surface area contributed by atoms with E-state index in [0.717, 1.165) is 30.3 Å². The smallest absolute Gasteiger partial charge is 0.229 e. The van der Waals surface area contributed by atoms with Crippen LogP contribution in [0, 0.1) is 0 Å². The van der Waals surface area contributed by atoms with E-state index in [1.165, 1.54) is 19.3 Å². The Morgan fingerprint density at radius 2 is 1.96 bits per heavy atom. The van der Waals surface area contributed by atoms with Crippen LogP contribution < -0.4 is 15.0 Å². The van der Waals surface area contributed by atoms with Gasteiger partial charge in [-0.3, -0.25) is 0 Å². The van der Waals surface area contributed by atoms with Crippen molar-refractivity contribution in [3.05, 3.63) is 36.5 Å². The second kappa shape index (κ2) is 7.31. The number of benzene rings is 1. The van der Waals surface area contributed by atoms with E-state index in [-0.39, 0.29) is 6.10 Å². The van der Waals surface area contributed by atoms with Crippen molar-refractivity contribution < 1.29 is 4.74 Å². The van der Waals surface area contributed by atoms with Gasteiger partial charge in [-0.2, -0.15) is 4.98 Å². The van der Waals surface area contributed by atoms with Gasteiger partial charge in [-0.15, -0.1) is 0 Å². The zero-order valence-electron chi connectivity index (χ0n) is 13.8. The fourth-order valence-electron chi connectivity index (χ4n) is 2.76. The van der Waals surface area contributed by atoms with Crippen molar-refractivity contribution in [1.29, 1.82) is 0 Å². The molecular weight excluding hydrogens is 288 g/mol. The molecule has 0 unspecified atom stereocenters. The molecule has 3 rings (SSSR count). The molecule has 1 aromatic heterocycles. The largest absolute Gasteiger partial charge is 0.491 e. The fraction of sp³-hybridized carbons (Fsp3) is 0.444. The lowest BCUT2D eigenvalue weighted by Crippen LogP contribution is -2.30. The number of anilines is 3. The molecule has 0 amide bonds. The lowest BCUT2D eigenvalue weighted by Gasteiger charge is -2.27. The molecule has 1 aromatic carbocycles. The summed E-state index contributed by atoms with van der Waals surface area (Å²) in [5.41, 5.74) is 0.930. The molecule has 5 nitrogen and oxygen atoms in total. The molecule has 2 aromatic rings. The number of hydrogen-bond donors (Lipinski definition) is 1. The van der Waals surface area contributed by atoms with E-state index in [1.54, 1.807) is 0 Å². The summed E-state index contributed by atoms with van der Waals surface area (Å²) in [6.45, 7) is 6.19. The summed E-state index contributed by atoms with van der Waals surface area (Å²) in [4.78, 5) is 11.3. The van der Waals surface area contributed by atoms with Gasteiger partial charge in [0.2, 0.25) is 5.95 Å². The number of nitrogens with zero attached hydrogens (tertiary/aromatic N) is 3. The zero-order valence-corrected chi connectivity index (χ0v) is 13.8. The molecule has 1 fully saturated rings. The topological polar surface area (TPSA) is 50.3 Å². The fourth-order valence-corrected chi connectivity index (χ4v) is 2.76. The van der Waals surface area contributed by atoms with Gasteiger partial charge >= 0.3 is 0 Å². The summed E-state index contributed by atoms with van der Waals surface area (Å²) in [6, 6.07) is 9.86. The highest BCUT2D eigenvalue weighted by Gasteiger charge is 2.12. The molecule has 1 saturated heterocycles. The van der Waals surface area contributed by atoms with Gasteiger partial charge in [0, 0.05) is 31.0 Å². The molecule has 0 saturated carbocycles. The Kier molecular flexibility index (Phi) is 4.95. The third-order valence-electron chi connectivity index (χ3n) is 3.78. The Morgan fingerprint density at radius 1 is 1.13 bits per heavy atom. The maximum absolute atomic E-state index is 5.72. The van der Waals surface area contributed by atoms with E-state index in [2.05, 4.69) is 20.2 Å². The molecule has 0 aliphatic carbocycles. The second-order valence-electron chi connectivity index (χ2n) is 6.11. The molecule has 5 heteroatoms. The summed E-state index contributed by atoms with van der Waals surface area (Å²) in [5.74, 6) is 2.46. The van der Waals surface area contributed by atoms with Crippen LogP contribution in [0.1, 0.15) is 33.1 Å². The maximum Gasteiger partial charge on any atom is 0.229 e.